The summed E-state index contributed by atoms with van der Waals surface area (Å²) in [5, 5.41) is 2.33. The first-order valence-corrected chi connectivity index (χ1v) is 23.8. The lowest BCUT2D eigenvalue weighted by molar-refractivity contribution is 0.656. The summed E-state index contributed by atoms with van der Waals surface area (Å²) >= 11 is 0. The molecular formula is C65H54O. The molecule has 0 bridgehead atoms. The van der Waals surface area contributed by atoms with Crippen molar-refractivity contribution in [3.63, 3.8) is 0 Å². The first-order chi connectivity index (χ1) is 32.1. The topological polar surface area (TPSA) is 13.1 Å². The summed E-state index contributed by atoms with van der Waals surface area (Å²) in [6.45, 7) is 14.1. The Kier molecular flexibility index (Phi) is 9.27. The molecule has 0 saturated heterocycles. The molecule has 1 heterocycles. The highest BCUT2D eigenvalue weighted by molar-refractivity contribution is 6.12. The van der Waals surface area contributed by atoms with Crippen molar-refractivity contribution in [1.29, 1.82) is 0 Å². The molecule has 1 aromatic heterocycles. The van der Waals surface area contributed by atoms with E-state index in [1.165, 1.54) is 111 Å². The third-order valence-corrected chi connectivity index (χ3v) is 15.7. The quantitative estimate of drug-likeness (QED) is 0.148. The summed E-state index contributed by atoms with van der Waals surface area (Å²) in [6, 6.07) is 70.9. The lowest BCUT2D eigenvalue weighted by Gasteiger charge is -2.36. The molecule has 0 amide bonds. The van der Waals surface area contributed by atoms with Crippen LogP contribution in [0, 0.1) is 27.7 Å². The molecular weight excluding hydrogens is 797 g/mol. The van der Waals surface area contributed by atoms with Gasteiger partial charge in [-0.3, -0.25) is 0 Å². The van der Waals surface area contributed by atoms with Gasteiger partial charge in [0.05, 0.1) is 5.41 Å². The van der Waals surface area contributed by atoms with Gasteiger partial charge in [-0.2, -0.15) is 0 Å². The molecule has 66 heavy (non-hydrogen) atoms. The molecule has 320 valence electrons. The molecule has 0 fully saturated rings. The van der Waals surface area contributed by atoms with Crippen molar-refractivity contribution < 1.29 is 4.42 Å². The van der Waals surface area contributed by atoms with E-state index in [0.717, 1.165) is 29.4 Å². The van der Waals surface area contributed by atoms with Gasteiger partial charge in [0.1, 0.15) is 11.2 Å². The van der Waals surface area contributed by atoms with Gasteiger partial charge in [-0.1, -0.05) is 190 Å². The Morgan fingerprint density at radius 1 is 0.485 bits per heavy atom. The molecule has 0 N–H and O–H groups in total. The maximum atomic E-state index is 6.36. The maximum absolute atomic E-state index is 6.36. The Morgan fingerprint density at radius 3 is 1.88 bits per heavy atom. The van der Waals surface area contributed by atoms with Gasteiger partial charge >= 0.3 is 0 Å². The second-order valence-electron chi connectivity index (χ2n) is 19.7. The molecule has 0 aliphatic heterocycles. The summed E-state index contributed by atoms with van der Waals surface area (Å²) in [7, 11) is 0. The van der Waals surface area contributed by atoms with Crippen LogP contribution in [0.2, 0.25) is 0 Å². The molecule has 2 aliphatic carbocycles. The summed E-state index contributed by atoms with van der Waals surface area (Å²) in [6.07, 6.45) is 1.92. The Labute approximate surface area is 389 Å². The predicted octanol–water partition coefficient (Wildman–Crippen LogP) is 16.9. The van der Waals surface area contributed by atoms with E-state index in [0.29, 0.717) is 0 Å². The first kappa shape index (κ1) is 40.3. The minimum atomic E-state index is -0.489. The average molecular weight is 851 g/mol. The summed E-state index contributed by atoms with van der Waals surface area (Å²) in [5.74, 6) is 0.118. The number of rotatable bonds is 8. The number of hydrogen-bond donors (Lipinski definition) is 0. The van der Waals surface area contributed by atoms with Gasteiger partial charge in [0.15, 0.2) is 0 Å². The van der Waals surface area contributed by atoms with Crippen LogP contribution in [0.25, 0.3) is 55.3 Å². The van der Waals surface area contributed by atoms with Crippen LogP contribution in [0.4, 0.5) is 0 Å². The average Bonchev–Trinajstić information content (AvgIpc) is 3.95. The molecule has 0 spiro atoms. The predicted molar refractivity (Wildman–Crippen MR) is 276 cm³/mol. The van der Waals surface area contributed by atoms with Crippen LogP contribution in [0.5, 0.6) is 0 Å². The summed E-state index contributed by atoms with van der Waals surface area (Å²) in [4.78, 5) is 0. The van der Waals surface area contributed by atoms with Crippen LogP contribution < -0.4 is 0 Å². The Bertz CT molecular complexity index is 3490. The number of benzene rings is 9. The normalized spacial score (nSPS) is 14.5. The van der Waals surface area contributed by atoms with Gasteiger partial charge in [0.2, 0.25) is 0 Å². The monoisotopic (exact) mass is 850 g/mol. The molecule has 1 atom stereocenters. The molecule has 1 unspecified atom stereocenters. The molecule has 2 aliphatic rings. The van der Waals surface area contributed by atoms with Gasteiger partial charge in [-0.15, -0.1) is 0 Å². The fraction of sp³-hybridized carbons (Fsp3) is 0.169. The highest BCUT2D eigenvalue weighted by atomic mass is 16.3. The van der Waals surface area contributed by atoms with Gasteiger partial charge in [0.25, 0.3) is 0 Å². The fourth-order valence-corrected chi connectivity index (χ4v) is 12.2. The van der Waals surface area contributed by atoms with Crippen molar-refractivity contribution in [2.75, 3.05) is 0 Å². The number of aryl methyl sites for hydroxylation is 4. The minimum Gasteiger partial charge on any atom is -0.456 e. The standard InChI is InChI=1S/C65H54O/c1-40-36-55-58(38-41(40)2)65(47-18-9-7-10-19-47,48-20-11-8-12-21-48)63-43(4)42(3)37-54(62(55)63)49(34-28-44-29-35-52-51-22-13-15-25-56(51)64(5,6)57(52)39-44)45-30-32-46(33-31-45)50-24-17-27-60-61(50)53-23-14-16-26-59(53)66-60/h7-27,29-33,35-39,49H,28,34H2,1-6H3. The van der Waals surface area contributed by atoms with Crippen molar-refractivity contribution in [3.05, 3.63) is 260 Å². The van der Waals surface area contributed by atoms with E-state index in [2.05, 4.69) is 230 Å². The van der Waals surface area contributed by atoms with E-state index in [-0.39, 0.29) is 11.3 Å². The van der Waals surface area contributed by atoms with E-state index in [1.54, 1.807) is 0 Å². The van der Waals surface area contributed by atoms with Crippen LogP contribution in [-0.4, -0.2) is 0 Å². The summed E-state index contributed by atoms with van der Waals surface area (Å²) < 4.78 is 6.36. The van der Waals surface area contributed by atoms with E-state index >= 15 is 0 Å². The van der Waals surface area contributed by atoms with Crippen LogP contribution in [-0.2, 0) is 17.3 Å². The summed E-state index contributed by atoms with van der Waals surface area (Å²) in [5.41, 5.74) is 27.0. The number of hydrogen-bond acceptors (Lipinski definition) is 1. The number of furan rings is 1. The van der Waals surface area contributed by atoms with Crippen LogP contribution in [0.1, 0.15) is 98.5 Å². The number of fused-ring (bicyclic) bond motifs is 9. The largest absolute Gasteiger partial charge is 0.456 e. The Morgan fingerprint density at radius 2 is 1.12 bits per heavy atom. The minimum absolute atomic E-state index is 0.0485. The lowest BCUT2D eigenvalue weighted by Crippen LogP contribution is -2.30. The zero-order valence-electron chi connectivity index (χ0n) is 38.8. The van der Waals surface area contributed by atoms with E-state index < -0.39 is 5.41 Å². The SMILES string of the molecule is Cc1cc2c(cc1C)C(c1ccccc1)(c1ccccc1)c1c(C)c(C)cc(C(CCc3ccc4c(c3)C(C)(C)c3ccccc3-4)c3ccc(-c4cccc5oc6ccccc6c45)cc3)c1-2. The maximum Gasteiger partial charge on any atom is 0.136 e. The van der Waals surface area contributed by atoms with Crippen molar-refractivity contribution >= 4 is 21.9 Å². The highest BCUT2D eigenvalue weighted by Gasteiger charge is 2.49. The molecule has 12 rings (SSSR count). The van der Waals surface area contributed by atoms with Crippen LogP contribution in [0.3, 0.4) is 0 Å². The lowest BCUT2D eigenvalue weighted by atomic mass is 9.65. The van der Waals surface area contributed by atoms with Crippen LogP contribution in [0.15, 0.2) is 192 Å². The van der Waals surface area contributed by atoms with Crippen molar-refractivity contribution in [3.8, 4) is 33.4 Å². The molecule has 9 aromatic carbocycles. The second-order valence-corrected chi connectivity index (χ2v) is 19.7. The Balaban J connectivity index is 1.07. The number of para-hydroxylation sites is 1. The van der Waals surface area contributed by atoms with Crippen LogP contribution >= 0.6 is 0 Å². The molecule has 10 aromatic rings. The second kappa shape index (κ2) is 15.2. The zero-order chi connectivity index (χ0) is 44.9. The molecule has 1 heteroatoms. The van der Waals surface area contributed by atoms with Gasteiger partial charge in [0, 0.05) is 22.1 Å². The first-order valence-electron chi connectivity index (χ1n) is 23.8. The van der Waals surface area contributed by atoms with Crippen molar-refractivity contribution in [2.45, 2.75) is 71.1 Å². The molecule has 0 radical (unpaired) electrons. The fourth-order valence-electron chi connectivity index (χ4n) is 12.2. The highest BCUT2D eigenvalue weighted by Crippen LogP contribution is 2.60. The third kappa shape index (κ3) is 5.92. The molecule has 1 nitrogen and oxygen atoms in total. The van der Waals surface area contributed by atoms with E-state index in [1.807, 2.05) is 0 Å². The zero-order valence-corrected chi connectivity index (χ0v) is 38.8. The van der Waals surface area contributed by atoms with E-state index in [4.69, 9.17) is 4.42 Å². The van der Waals surface area contributed by atoms with Crippen molar-refractivity contribution in [1.82, 2.24) is 0 Å². The molecule has 0 saturated carbocycles. The van der Waals surface area contributed by atoms with E-state index in [9.17, 15) is 0 Å². The van der Waals surface area contributed by atoms with Gasteiger partial charge in [-0.05, 0) is 158 Å². The third-order valence-electron chi connectivity index (χ3n) is 15.7. The van der Waals surface area contributed by atoms with Gasteiger partial charge < -0.3 is 4.42 Å². The van der Waals surface area contributed by atoms with Gasteiger partial charge in [-0.25, -0.2) is 0 Å². The van der Waals surface area contributed by atoms with Crippen molar-refractivity contribution in [2.24, 2.45) is 0 Å². The Hall–Kier alpha value is -7.22. The smallest absolute Gasteiger partial charge is 0.136 e.